The van der Waals surface area contributed by atoms with E-state index in [9.17, 15) is 14.7 Å². The zero-order chi connectivity index (χ0) is 16.4. The van der Waals surface area contributed by atoms with Gasteiger partial charge in [-0.1, -0.05) is 13.8 Å². The first-order valence-electron chi connectivity index (χ1n) is 9.38. The molecule has 2 unspecified atom stereocenters. The molecule has 3 aliphatic carbocycles. The first-order valence-corrected chi connectivity index (χ1v) is 9.38. The maximum atomic E-state index is 11.8. The van der Waals surface area contributed by atoms with Crippen molar-refractivity contribution in [1.82, 2.24) is 5.32 Å². The predicted molar refractivity (Wildman–Crippen MR) is 86.7 cm³/mol. The molecule has 1 aliphatic heterocycles. The molecule has 0 bridgehead atoms. The van der Waals surface area contributed by atoms with Gasteiger partial charge in [-0.05, 0) is 73.5 Å². The number of carboxylic acids is 1. The Kier molecular flexibility index (Phi) is 3.34. The Hall–Kier alpha value is -1.06. The molecule has 3 saturated carbocycles. The molecule has 1 amide bonds. The van der Waals surface area contributed by atoms with E-state index in [1.807, 2.05) is 0 Å². The standard InChI is InChI=1S/C19H29NO3/c1-18-9-7-13-11(12(18)4-5-14(18)17(22)23)3-6-15-19(13,2)10-8-16(21)20-15/h11-15H,3-10H2,1-2H3,(H,20,21)(H,22,23)/t11?,12-,13?,14+,15+,18-,19+/m0/s1. The third-order valence-corrected chi connectivity index (χ3v) is 8.39. The lowest BCUT2D eigenvalue weighted by Gasteiger charge is -2.60. The quantitative estimate of drug-likeness (QED) is 0.780. The number of aliphatic carboxylic acids is 1. The fraction of sp³-hybridized carbons (Fsp3) is 0.895. The van der Waals surface area contributed by atoms with Crippen LogP contribution in [0.25, 0.3) is 0 Å². The summed E-state index contributed by atoms with van der Waals surface area (Å²) in [7, 11) is 0. The van der Waals surface area contributed by atoms with Crippen LogP contribution in [0.5, 0.6) is 0 Å². The lowest BCUT2D eigenvalue weighted by atomic mass is 9.47. The normalized spacial score (nSPS) is 52.1. The molecule has 4 nitrogen and oxygen atoms in total. The van der Waals surface area contributed by atoms with E-state index in [2.05, 4.69) is 19.2 Å². The summed E-state index contributed by atoms with van der Waals surface area (Å²) in [6.45, 7) is 4.64. The molecule has 4 heteroatoms. The van der Waals surface area contributed by atoms with Gasteiger partial charge in [0.1, 0.15) is 0 Å². The van der Waals surface area contributed by atoms with Gasteiger partial charge in [-0.3, -0.25) is 9.59 Å². The zero-order valence-corrected chi connectivity index (χ0v) is 14.3. The maximum absolute atomic E-state index is 11.8. The summed E-state index contributed by atoms with van der Waals surface area (Å²) in [5.41, 5.74) is 0.216. The van der Waals surface area contributed by atoms with Crippen LogP contribution in [0.1, 0.15) is 65.2 Å². The van der Waals surface area contributed by atoms with Crippen molar-refractivity contribution in [1.29, 1.82) is 0 Å². The van der Waals surface area contributed by atoms with Gasteiger partial charge in [0.2, 0.25) is 5.91 Å². The minimum absolute atomic E-state index is 0.00584. The average Bonchev–Trinajstić information content (AvgIpc) is 2.85. The molecule has 4 aliphatic rings. The third kappa shape index (κ3) is 2.02. The van der Waals surface area contributed by atoms with Crippen molar-refractivity contribution in [3.63, 3.8) is 0 Å². The molecule has 0 aromatic carbocycles. The Morgan fingerprint density at radius 3 is 2.52 bits per heavy atom. The van der Waals surface area contributed by atoms with Crippen molar-refractivity contribution >= 4 is 11.9 Å². The smallest absolute Gasteiger partial charge is 0.307 e. The second kappa shape index (κ2) is 4.97. The first kappa shape index (κ1) is 15.5. The van der Waals surface area contributed by atoms with E-state index in [0.717, 1.165) is 44.9 Å². The minimum atomic E-state index is -0.585. The van der Waals surface area contributed by atoms with Gasteiger partial charge in [0.15, 0.2) is 0 Å². The molecule has 0 aromatic heterocycles. The van der Waals surface area contributed by atoms with E-state index < -0.39 is 5.97 Å². The van der Waals surface area contributed by atoms with E-state index in [4.69, 9.17) is 0 Å². The Morgan fingerprint density at radius 2 is 1.78 bits per heavy atom. The van der Waals surface area contributed by atoms with Gasteiger partial charge in [0, 0.05) is 12.5 Å². The van der Waals surface area contributed by atoms with Gasteiger partial charge < -0.3 is 10.4 Å². The summed E-state index contributed by atoms with van der Waals surface area (Å²) in [5, 5.41) is 12.9. The van der Waals surface area contributed by atoms with Crippen molar-refractivity contribution in [2.45, 2.75) is 71.3 Å². The van der Waals surface area contributed by atoms with E-state index in [1.54, 1.807) is 0 Å². The second-order valence-corrected chi connectivity index (χ2v) is 9.09. The molecule has 1 heterocycles. The van der Waals surface area contributed by atoms with Crippen molar-refractivity contribution in [2.75, 3.05) is 0 Å². The summed E-state index contributed by atoms with van der Waals surface area (Å²) >= 11 is 0. The van der Waals surface area contributed by atoms with E-state index in [1.165, 1.54) is 0 Å². The summed E-state index contributed by atoms with van der Waals surface area (Å²) in [4.78, 5) is 23.5. The maximum Gasteiger partial charge on any atom is 0.307 e. The largest absolute Gasteiger partial charge is 0.481 e. The van der Waals surface area contributed by atoms with Crippen LogP contribution >= 0.6 is 0 Å². The molecule has 7 atom stereocenters. The number of carboxylic acid groups (broad SMARTS) is 1. The Morgan fingerprint density at radius 1 is 1.04 bits per heavy atom. The van der Waals surface area contributed by atoms with Crippen LogP contribution in [0.15, 0.2) is 0 Å². The second-order valence-electron chi connectivity index (χ2n) is 9.09. The van der Waals surface area contributed by atoms with E-state index in [0.29, 0.717) is 30.2 Å². The summed E-state index contributed by atoms with van der Waals surface area (Å²) in [6, 6.07) is 0.339. The van der Waals surface area contributed by atoms with Crippen LogP contribution in [0.2, 0.25) is 0 Å². The van der Waals surface area contributed by atoms with Gasteiger partial charge in [0.25, 0.3) is 0 Å². The van der Waals surface area contributed by atoms with Gasteiger partial charge in [-0.25, -0.2) is 0 Å². The molecule has 2 N–H and O–H groups in total. The fourth-order valence-corrected chi connectivity index (χ4v) is 7.11. The van der Waals surface area contributed by atoms with Crippen LogP contribution in [0.4, 0.5) is 0 Å². The highest BCUT2D eigenvalue weighted by molar-refractivity contribution is 5.77. The fourth-order valence-electron chi connectivity index (χ4n) is 7.11. The predicted octanol–water partition coefficient (Wildman–Crippen LogP) is 3.21. The number of piperidine rings is 1. The number of carbonyl (C=O) groups is 2. The topological polar surface area (TPSA) is 66.4 Å². The van der Waals surface area contributed by atoms with Crippen LogP contribution in [0, 0.1) is 34.5 Å². The van der Waals surface area contributed by atoms with Crippen molar-refractivity contribution in [3.8, 4) is 0 Å². The number of amides is 1. The number of hydrogen-bond donors (Lipinski definition) is 2. The van der Waals surface area contributed by atoms with Crippen LogP contribution in [-0.4, -0.2) is 23.0 Å². The highest BCUT2D eigenvalue weighted by Gasteiger charge is 2.61. The Labute approximate surface area is 138 Å². The molecular formula is C19H29NO3. The molecule has 4 fully saturated rings. The SMILES string of the molecule is C[C@]12CCC3C(CC[C@H]4NC(=O)CC[C@]34C)[C@@H]1CC[C@@H]2C(=O)O. The van der Waals surface area contributed by atoms with Crippen LogP contribution < -0.4 is 5.32 Å². The Balaban J connectivity index is 1.63. The summed E-state index contributed by atoms with van der Waals surface area (Å²) in [5.74, 6) is 1.38. The van der Waals surface area contributed by atoms with Crippen molar-refractivity contribution in [3.05, 3.63) is 0 Å². The van der Waals surface area contributed by atoms with Gasteiger partial charge in [-0.15, -0.1) is 0 Å². The molecule has 0 aromatic rings. The first-order chi connectivity index (χ1) is 10.9. The number of fused-ring (bicyclic) bond motifs is 5. The minimum Gasteiger partial charge on any atom is -0.481 e. The number of nitrogens with one attached hydrogen (secondary N) is 1. The zero-order valence-electron chi connectivity index (χ0n) is 14.3. The van der Waals surface area contributed by atoms with Crippen LogP contribution in [-0.2, 0) is 9.59 Å². The van der Waals surface area contributed by atoms with Gasteiger partial charge >= 0.3 is 5.97 Å². The lowest BCUT2D eigenvalue weighted by Crippen LogP contribution is -2.61. The van der Waals surface area contributed by atoms with Gasteiger partial charge in [0.05, 0.1) is 5.92 Å². The average molecular weight is 319 g/mol. The van der Waals surface area contributed by atoms with Crippen molar-refractivity contribution < 1.29 is 14.7 Å². The number of carbonyl (C=O) groups excluding carboxylic acids is 1. The van der Waals surface area contributed by atoms with Crippen molar-refractivity contribution in [2.24, 2.45) is 34.5 Å². The molecular weight excluding hydrogens is 290 g/mol. The Bertz CT molecular complexity index is 547. The van der Waals surface area contributed by atoms with E-state index in [-0.39, 0.29) is 22.7 Å². The third-order valence-electron chi connectivity index (χ3n) is 8.39. The molecule has 23 heavy (non-hydrogen) atoms. The van der Waals surface area contributed by atoms with Crippen LogP contribution in [0.3, 0.4) is 0 Å². The molecule has 1 saturated heterocycles. The highest BCUT2D eigenvalue weighted by atomic mass is 16.4. The molecule has 0 radical (unpaired) electrons. The number of hydrogen-bond acceptors (Lipinski definition) is 2. The highest BCUT2D eigenvalue weighted by Crippen LogP contribution is 2.65. The van der Waals surface area contributed by atoms with Gasteiger partial charge in [-0.2, -0.15) is 0 Å². The monoisotopic (exact) mass is 319 g/mol. The molecule has 4 rings (SSSR count). The van der Waals surface area contributed by atoms with E-state index >= 15 is 0 Å². The molecule has 128 valence electrons. The molecule has 0 spiro atoms. The summed E-state index contributed by atoms with van der Waals surface area (Å²) in [6.07, 6.45) is 8.05. The number of rotatable bonds is 1. The summed E-state index contributed by atoms with van der Waals surface area (Å²) < 4.78 is 0. The lowest BCUT2D eigenvalue weighted by molar-refractivity contribution is -0.152.